The van der Waals surface area contributed by atoms with Crippen LogP contribution in [-0.4, -0.2) is 16.5 Å². The molecule has 1 aromatic rings. The average molecular weight is 341 g/mol. The van der Waals surface area contributed by atoms with E-state index in [9.17, 15) is 0 Å². The van der Waals surface area contributed by atoms with E-state index in [2.05, 4.69) is 66.3 Å². The molecule has 0 spiro atoms. The lowest BCUT2D eigenvalue weighted by molar-refractivity contribution is 0.389. The second kappa shape index (κ2) is 6.31. The number of thioether (sulfide) groups is 1. The molecule has 2 unspecified atom stereocenters. The van der Waals surface area contributed by atoms with Gasteiger partial charge in [-0.25, -0.2) is 0 Å². The quantitative estimate of drug-likeness (QED) is 0.857. The zero-order chi connectivity index (χ0) is 13.9. The van der Waals surface area contributed by atoms with E-state index in [-0.39, 0.29) is 11.6 Å². The first-order valence-electron chi connectivity index (χ1n) is 6.77. The van der Waals surface area contributed by atoms with Crippen LogP contribution >= 0.6 is 27.7 Å². The number of nitrogens with zero attached hydrogens (tertiary/aromatic N) is 1. The van der Waals surface area contributed by atoms with Gasteiger partial charge in [0.15, 0.2) is 5.17 Å². The molecule has 0 radical (unpaired) electrons. The molecule has 1 aliphatic heterocycles. The van der Waals surface area contributed by atoms with E-state index in [4.69, 9.17) is 4.99 Å². The molecule has 0 bridgehead atoms. The van der Waals surface area contributed by atoms with Crippen molar-refractivity contribution in [1.29, 1.82) is 0 Å². The summed E-state index contributed by atoms with van der Waals surface area (Å²) < 4.78 is 1.11. The Morgan fingerprint density at radius 2 is 2.11 bits per heavy atom. The van der Waals surface area contributed by atoms with Crippen LogP contribution in [0.4, 0.5) is 0 Å². The Balaban J connectivity index is 2.10. The highest BCUT2D eigenvalue weighted by molar-refractivity contribution is 9.10. The van der Waals surface area contributed by atoms with E-state index in [1.54, 1.807) is 0 Å². The molecule has 0 aliphatic carbocycles. The molecule has 104 valence electrons. The second-order valence-corrected chi connectivity index (χ2v) is 7.30. The van der Waals surface area contributed by atoms with Gasteiger partial charge in [0.25, 0.3) is 0 Å². The molecule has 2 atom stereocenters. The van der Waals surface area contributed by atoms with E-state index in [0.717, 1.165) is 21.8 Å². The predicted molar refractivity (Wildman–Crippen MR) is 88.9 cm³/mol. The molecule has 0 amide bonds. The molecular formula is C15H21BrN2S. The van der Waals surface area contributed by atoms with Crippen molar-refractivity contribution in [2.24, 2.45) is 4.99 Å². The van der Waals surface area contributed by atoms with E-state index < -0.39 is 0 Å². The van der Waals surface area contributed by atoms with E-state index >= 15 is 0 Å². The van der Waals surface area contributed by atoms with Crippen LogP contribution in [0.5, 0.6) is 0 Å². The summed E-state index contributed by atoms with van der Waals surface area (Å²) >= 11 is 5.30. The number of benzene rings is 1. The van der Waals surface area contributed by atoms with Gasteiger partial charge in [-0.2, -0.15) is 0 Å². The normalized spacial score (nSPS) is 27.1. The number of rotatable bonds is 3. The van der Waals surface area contributed by atoms with Crippen molar-refractivity contribution in [3.63, 3.8) is 0 Å². The largest absolute Gasteiger partial charge is 0.360 e. The first-order valence-corrected chi connectivity index (χ1v) is 8.54. The van der Waals surface area contributed by atoms with E-state index in [1.807, 2.05) is 11.8 Å². The molecule has 1 aliphatic rings. The van der Waals surface area contributed by atoms with Crippen LogP contribution in [0.25, 0.3) is 0 Å². The van der Waals surface area contributed by atoms with Gasteiger partial charge in [-0.3, -0.25) is 4.99 Å². The minimum atomic E-state index is 0.197. The molecule has 0 saturated carbocycles. The van der Waals surface area contributed by atoms with Crippen LogP contribution < -0.4 is 5.32 Å². The average Bonchev–Trinajstić information content (AvgIpc) is 2.39. The summed E-state index contributed by atoms with van der Waals surface area (Å²) in [6.45, 7) is 6.67. The lowest BCUT2D eigenvalue weighted by Gasteiger charge is -2.35. The molecule has 1 heterocycles. The summed E-state index contributed by atoms with van der Waals surface area (Å²) in [6.07, 6.45) is 2.35. The molecule has 4 heteroatoms. The maximum Gasteiger partial charge on any atom is 0.157 e. The van der Waals surface area contributed by atoms with Crippen LogP contribution in [0.1, 0.15) is 45.2 Å². The number of hydrogen-bond acceptors (Lipinski definition) is 2. The zero-order valence-electron chi connectivity index (χ0n) is 11.7. The highest BCUT2D eigenvalue weighted by Crippen LogP contribution is 2.27. The second-order valence-electron chi connectivity index (χ2n) is 5.30. The van der Waals surface area contributed by atoms with Crippen molar-refractivity contribution in [2.75, 3.05) is 5.75 Å². The van der Waals surface area contributed by atoms with Gasteiger partial charge in [0, 0.05) is 15.8 Å². The smallest absolute Gasteiger partial charge is 0.157 e. The number of hydrogen-bond donors (Lipinski definition) is 1. The fraction of sp³-hybridized carbons (Fsp3) is 0.533. The summed E-state index contributed by atoms with van der Waals surface area (Å²) in [5, 5.41) is 4.68. The number of aliphatic imine (C=N–C) groups is 1. The van der Waals surface area contributed by atoms with Gasteiger partial charge in [-0.1, -0.05) is 46.7 Å². The third-order valence-corrected chi connectivity index (χ3v) is 5.16. The number of halogens is 1. The van der Waals surface area contributed by atoms with Crippen molar-refractivity contribution < 1.29 is 0 Å². The Morgan fingerprint density at radius 1 is 1.42 bits per heavy atom. The standard InChI is InChI=1S/C15H21BrN2S/c1-4-15(3)9-10-19-14(18-15)17-11(2)12-5-7-13(16)8-6-12/h5-8,11H,4,9-10H2,1-3H3,(H,17,18). The maximum absolute atomic E-state index is 4.83. The van der Waals surface area contributed by atoms with E-state index in [0.29, 0.717) is 0 Å². The van der Waals surface area contributed by atoms with Crippen molar-refractivity contribution in [2.45, 2.75) is 45.2 Å². The molecule has 1 aromatic carbocycles. The third-order valence-electron chi connectivity index (χ3n) is 3.74. The minimum absolute atomic E-state index is 0.197. The van der Waals surface area contributed by atoms with Gasteiger partial charge in [0.2, 0.25) is 0 Å². The maximum atomic E-state index is 4.83. The van der Waals surface area contributed by atoms with Crippen molar-refractivity contribution in [1.82, 2.24) is 5.32 Å². The van der Waals surface area contributed by atoms with Gasteiger partial charge < -0.3 is 5.32 Å². The van der Waals surface area contributed by atoms with Crippen LogP contribution in [-0.2, 0) is 0 Å². The van der Waals surface area contributed by atoms with Crippen LogP contribution in [0.15, 0.2) is 33.7 Å². The van der Waals surface area contributed by atoms with Crippen molar-refractivity contribution >= 4 is 32.9 Å². The highest BCUT2D eigenvalue weighted by atomic mass is 79.9. The monoisotopic (exact) mass is 340 g/mol. The summed E-state index contributed by atoms with van der Waals surface area (Å²) in [4.78, 5) is 4.83. The lowest BCUT2D eigenvalue weighted by atomic mass is 9.96. The van der Waals surface area contributed by atoms with Crippen LogP contribution in [0, 0.1) is 0 Å². The summed E-state index contributed by atoms with van der Waals surface area (Å²) in [5.74, 6) is 1.16. The molecule has 0 aromatic heterocycles. The topological polar surface area (TPSA) is 24.4 Å². The molecule has 1 fully saturated rings. The predicted octanol–water partition coefficient (Wildman–Crippen LogP) is 4.76. The summed E-state index contributed by atoms with van der Waals surface area (Å²) in [6, 6.07) is 8.60. The number of amidine groups is 1. The Labute approximate surface area is 128 Å². The van der Waals surface area contributed by atoms with Gasteiger partial charge in [0.1, 0.15) is 0 Å². The highest BCUT2D eigenvalue weighted by Gasteiger charge is 2.27. The van der Waals surface area contributed by atoms with Gasteiger partial charge >= 0.3 is 0 Å². The molecule has 2 nitrogen and oxygen atoms in total. The fourth-order valence-corrected chi connectivity index (χ4v) is 3.62. The van der Waals surface area contributed by atoms with E-state index in [1.165, 1.54) is 12.0 Å². The zero-order valence-corrected chi connectivity index (χ0v) is 14.1. The van der Waals surface area contributed by atoms with Gasteiger partial charge in [-0.15, -0.1) is 0 Å². The Hall–Kier alpha value is -0.480. The van der Waals surface area contributed by atoms with Gasteiger partial charge in [-0.05, 0) is 44.4 Å². The molecule has 1 saturated heterocycles. The molecule has 2 rings (SSSR count). The summed E-state index contributed by atoms with van der Waals surface area (Å²) in [7, 11) is 0. The Bertz CT molecular complexity index is 458. The SMILES string of the molecule is CCC1(C)CCSC(=NC(C)c2ccc(Br)cc2)N1. The van der Waals surface area contributed by atoms with Crippen LogP contribution in [0.3, 0.4) is 0 Å². The Kier molecular flexibility index (Phi) is 4.96. The molecule has 1 N–H and O–H groups in total. The van der Waals surface area contributed by atoms with Crippen molar-refractivity contribution in [3.8, 4) is 0 Å². The molecule has 19 heavy (non-hydrogen) atoms. The Morgan fingerprint density at radius 3 is 2.74 bits per heavy atom. The summed E-state index contributed by atoms with van der Waals surface area (Å²) in [5.41, 5.74) is 1.46. The van der Waals surface area contributed by atoms with Crippen molar-refractivity contribution in [3.05, 3.63) is 34.3 Å². The molecular weight excluding hydrogens is 320 g/mol. The van der Waals surface area contributed by atoms with Crippen LogP contribution in [0.2, 0.25) is 0 Å². The lowest BCUT2D eigenvalue weighted by Crippen LogP contribution is -2.48. The third kappa shape index (κ3) is 3.99. The first kappa shape index (κ1) is 14.9. The minimum Gasteiger partial charge on any atom is -0.360 e. The first-order chi connectivity index (χ1) is 9.02. The van der Waals surface area contributed by atoms with Gasteiger partial charge in [0.05, 0.1) is 6.04 Å². The fourth-order valence-electron chi connectivity index (χ4n) is 2.06. The number of nitrogens with one attached hydrogen (secondary N) is 1.